The van der Waals surface area contributed by atoms with E-state index < -0.39 is 12.1 Å². The molecule has 0 saturated heterocycles. The maximum Gasteiger partial charge on any atom is 0.355 e. The summed E-state index contributed by atoms with van der Waals surface area (Å²) in [7, 11) is 0. The summed E-state index contributed by atoms with van der Waals surface area (Å²) in [6, 6.07) is 0. The third kappa shape index (κ3) is 2.93. The fourth-order valence-corrected chi connectivity index (χ4v) is 2.43. The summed E-state index contributed by atoms with van der Waals surface area (Å²) in [5, 5.41) is 7.53. The number of H-pyrrole nitrogens is 1. The van der Waals surface area contributed by atoms with Crippen LogP contribution in [0.25, 0.3) is 0 Å². The number of ketones is 1. The molecular weight excluding hydrogens is 286 g/mol. The Kier molecular flexibility index (Phi) is 4.44. The molecule has 22 heavy (non-hydrogen) atoms. The number of hydrogen-bond acceptors (Lipinski definition) is 6. The van der Waals surface area contributed by atoms with Gasteiger partial charge in [0.1, 0.15) is 5.69 Å². The topological polar surface area (TPSA) is 98.1 Å². The number of carbonyl (C=O) groups is 2. The highest BCUT2D eigenvalue weighted by Gasteiger charge is 2.25. The fourth-order valence-electron chi connectivity index (χ4n) is 2.43. The Balaban J connectivity index is 2.26. The van der Waals surface area contributed by atoms with Crippen LogP contribution in [0.4, 0.5) is 0 Å². The first-order chi connectivity index (χ1) is 10.3. The molecule has 0 aromatic carbocycles. The van der Waals surface area contributed by atoms with Crippen LogP contribution in [0.5, 0.6) is 0 Å². The highest BCUT2D eigenvalue weighted by molar-refractivity contribution is 6.01. The van der Waals surface area contributed by atoms with Gasteiger partial charge in [-0.15, -0.1) is 10.2 Å². The van der Waals surface area contributed by atoms with Gasteiger partial charge in [-0.05, 0) is 32.8 Å². The van der Waals surface area contributed by atoms with Gasteiger partial charge in [0.2, 0.25) is 5.89 Å². The van der Waals surface area contributed by atoms with Crippen LogP contribution < -0.4 is 0 Å². The molecule has 0 aliphatic heterocycles. The molecule has 0 amide bonds. The number of aromatic amines is 1. The second-order valence-corrected chi connectivity index (χ2v) is 5.10. The molecule has 0 bridgehead atoms. The summed E-state index contributed by atoms with van der Waals surface area (Å²) in [4.78, 5) is 27.0. The van der Waals surface area contributed by atoms with E-state index in [1.165, 1.54) is 6.92 Å². The zero-order valence-electron chi connectivity index (χ0n) is 13.3. The predicted molar refractivity (Wildman–Crippen MR) is 77.8 cm³/mol. The second kappa shape index (κ2) is 6.13. The lowest BCUT2D eigenvalue weighted by Gasteiger charge is -2.09. The quantitative estimate of drug-likeness (QED) is 0.673. The Hall–Kier alpha value is -2.44. The number of aryl methyl sites for hydroxylation is 2. The molecule has 2 aromatic rings. The van der Waals surface area contributed by atoms with Gasteiger partial charge >= 0.3 is 5.97 Å². The van der Waals surface area contributed by atoms with Crippen LogP contribution in [0.3, 0.4) is 0 Å². The molecule has 7 heteroatoms. The number of nitrogens with zero attached hydrogens (tertiary/aromatic N) is 2. The summed E-state index contributed by atoms with van der Waals surface area (Å²) < 4.78 is 10.6. The van der Waals surface area contributed by atoms with E-state index in [9.17, 15) is 9.59 Å². The number of carbonyl (C=O) groups excluding carboxylic acids is 2. The number of aromatic nitrogens is 3. The van der Waals surface area contributed by atoms with Gasteiger partial charge in [-0.1, -0.05) is 6.92 Å². The molecule has 1 unspecified atom stereocenters. The minimum absolute atomic E-state index is 0.0785. The van der Waals surface area contributed by atoms with Gasteiger partial charge in [-0.2, -0.15) is 0 Å². The van der Waals surface area contributed by atoms with E-state index in [4.69, 9.17) is 9.15 Å². The minimum atomic E-state index is -0.664. The lowest BCUT2D eigenvalue weighted by molar-refractivity contribution is 0.0269. The molecule has 1 N–H and O–H groups in total. The van der Waals surface area contributed by atoms with Crippen molar-refractivity contribution in [3.63, 3.8) is 0 Å². The molecule has 0 fully saturated rings. The SMILES string of the molecule is CCc1c(C(=O)OC(C)c2nnc(C)o2)[nH]c(C)c1C(C)=O. The standard InChI is InChI=1S/C15H19N3O4/c1-6-11-12(8(3)19)7(2)16-13(11)15(20)21-9(4)14-18-17-10(5)22-14/h9,16H,6H2,1-5H3. The predicted octanol–water partition coefficient (Wildman–Crippen LogP) is 2.70. The van der Waals surface area contributed by atoms with E-state index in [0.717, 1.165) is 0 Å². The van der Waals surface area contributed by atoms with Crippen molar-refractivity contribution in [2.24, 2.45) is 0 Å². The molecule has 2 rings (SSSR count). The van der Waals surface area contributed by atoms with E-state index in [0.29, 0.717) is 34.8 Å². The zero-order valence-corrected chi connectivity index (χ0v) is 13.3. The van der Waals surface area contributed by atoms with Gasteiger partial charge in [-0.25, -0.2) is 4.79 Å². The van der Waals surface area contributed by atoms with Crippen molar-refractivity contribution in [2.45, 2.75) is 47.1 Å². The number of rotatable bonds is 5. The van der Waals surface area contributed by atoms with Crippen LogP contribution in [0, 0.1) is 13.8 Å². The molecule has 2 aromatic heterocycles. The second-order valence-electron chi connectivity index (χ2n) is 5.10. The first kappa shape index (κ1) is 15.9. The van der Waals surface area contributed by atoms with Crippen molar-refractivity contribution < 1.29 is 18.7 Å². The van der Waals surface area contributed by atoms with E-state index in [-0.39, 0.29) is 11.7 Å². The summed E-state index contributed by atoms with van der Waals surface area (Å²) >= 11 is 0. The van der Waals surface area contributed by atoms with Crippen LogP contribution in [0.2, 0.25) is 0 Å². The average Bonchev–Trinajstić information content (AvgIpc) is 3.01. The molecule has 0 aliphatic rings. The molecule has 0 radical (unpaired) electrons. The highest BCUT2D eigenvalue weighted by Crippen LogP contribution is 2.23. The van der Waals surface area contributed by atoms with Crippen molar-refractivity contribution in [3.8, 4) is 0 Å². The average molecular weight is 305 g/mol. The van der Waals surface area contributed by atoms with E-state index >= 15 is 0 Å². The summed E-state index contributed by atoms with van der Waals surface area (Å²) in [5.41, 5.74) is 2.19. The van der Waals surface area contributed by atoms with Gasteiger partial charge in [0.25, 0.3) is 5.89 Å². The Bertz CT molecular complexity index is 714. The Labute approximate surface area is 128 Å². The molecule has 118 valence electrons. The number of esters is 1. The van der Waals surface area contributed by atoms with Crippen LogP contribution in [0.15, 0.2) is 4.42 Å². The monoisotopic (exact) mass is 305 g/mol. The van der Waals surface area contributed by atoms with Crippen molar-refractivity contribution in [1.29, 1.82) is 0 Å². The lowest BCUT2D eigenvalue weighted by Crippen LogP contribution is -2.12. The smallest absolute Gasteiger partial charge is 0.355 e. The number of ether oxygens (including phenoxy) is 1. The summed E-state index contributed by atoms with van der Waals surface area (Å²) in [6.07, 6.45) is -0.111. The Morgan fingerprint density at radius 2 is 2.00 bits per heavy atom. The molecule has 7 nitrogen and oxygen atoms in total. The first-order valence-electron chi connectivity index (χ1n) is 7.08. The van der Waals surface area contributed by atoms with Crippen LogP contribution >= 0.6 is 0 Å². The van der Waals surface area contributed by atoms with Crippen molar-refractivity contribution in [1.82, 2.24) is 15.2 Å². The zero-order chi connectivity index (χ0) is 16.4. The summed E-state index contributed by atoms with van der Waals surface area (Å²) in [5.74, 6) is 0.0155. The van der Waals surface area contributed by atoms with Gasteiger partial charge in [0.15, 0.2) is 11.9 Å². The van der Waals surface area contributed by atoms with E-state index in [2.05, 4.69) is 15.2 Å². The van der Waals surface area contributed by atoms with Gasteiger partial charge in [0.05, 0.1) is 0 Å². The van der Waals surface area contributed by atoms with Gasteiger partial charge < -0.3 is 14.1 Å². The molecule has 0 spiro atoms. The minimum Gasteiger partial charge on any atom is -0.448 e. The van der Waals surface area contributed by atoms with Crippen LogP contribution in [-0.2, 0) is 11.2 Å². The fraction of sp³-hybridized carbons (Fsp3) is 0.467. The van der Waals surface area contributed by atoms with Crippen molar-refractivity contribution in [2.75, 3.05) is 0 Å². The third-order valence-corrected chi connectivity index (χ3v) is 3.37. The molecule has 0 saturated carbocycles. The van der Waals surface area contributed by atoms with Gasteiger partial charge in [0, 0.05) is 18.2 Å². The molecular formula is C15H19N3O4. The molecule has 2 heterocycles. The summed E-state index contributed by atoms with van der Waals surface area (Å²) in [6.45, 7) is 8.44. The van der Waals surface area contributed by atoms with E-state index in [1.54, 1.807) is 20.8 Å². The van der Waals surface area contributed by atoms with Crippen molar-refractivity contribution >= 4 is 11.8 Å². The third-order valence-electron chi connectivity index (χ3n) is 3.37. The molecule has 1 atom stereocenters. The normalized spacial score (nSPS) is 12.2. The number of nitrogens with one attached hydrogen (secondary N) is 1. The number of Topliss-reactive ketones (excluding diaryl/α,β-unsaturated/α-hetero) is 1. The Morgan fingerprint density at radius 3 is 2.50 bits per heavy atom. The van der Waals surface area contributed by atoms with Crippen LogP contribution in [-0.4, -0.2) is 26.9 Å². The number of hydrogen-bond donors (Lipinski definition) is 1. The van der Waals surface area contributed by atoms with E-state index in [1.807, 2.05) is 6.92 Å². The maximum atomic E-state index is 12.3. The Morgan fingerprint density at radius 1 is 1.32 bits per heavy atom. The largest absolute Gasteiger partial charge is 0.448 e. The van der Waals surface area contributed by atoms with Crippen molar-refractivity contribution in [3.05, 3.63) is 34.3 Å². The maximum absolute atomic E-state index is 12.3. The highest BCUT2D eigenvalue weighted by atomic mass is 16.6. The molecule has 0 aliphatic carbocycles. The van der Waals surface area contributed by atoms with Gasteiger partial charge in [-0.3, -0.25) is 4.79 Å². The first-order valence-corrected chi connectivity index (χ1v) is 7.08. The lowest BCUT2D eigenvalue weighted by atomic mass is 10.0. The van der Waals surface area contributed by atoms with Crippen LogP contribution in [0.1, 0.15) is 70.8 Å².